The predicted molar refractivity (Wildman–Crippen MR) is 203 cm³/mol. The van der Waals surface area contributed by atoms with Gasteiger partial charge in [-0.25, -0.2) is 27.7 Å². The van der Waals surface area contributed by atoms with Crippen LogP contribution in [0.15, 0.2) is 91.1 Å². The number of ether oxygens (including phenoxy) is 2. The molecule has 2 aromatic heterocycles. The van der Waals surface area contributed by atoms with Crippen molar-refractivity contribution in [1.29, 1.82) is 5.26 Å². The molecule has 0 aliphatic rings. The van der Waals surface area contributed by atoms with Gasteiger partial charge < -0.3 is 18.8 Å². The standard InChI is InChI=1S/C41H41F3N6O3Si/c1-41(2,3)54(6,7)53-37(35-32(42)12-9-13-33(35)43)38-47-40-39(46-34(25-50(40)48-38)31-11-8-10-28(22-45)36(31)44)49(23-26-14-18-29(51-4)19-15-26)24-27-16-20-30(52-5)21-17-27/h8-21,25,37H,23-24H2,1-7H3. The van der Waals surface area contributed by atoms with Crippen LogP contribution < -0.4 is 14.4 Å². The summed E-state index contributed by atoms with van der Waals surface area (Å²) < 4.78 is 66.0. The summed E-state index contributed by atoms with van der Waals surface area (Å²) in [6, 6.07) is 25.1. The highest BCUT2D eigenvalue weighted by Crippen LogP contribution is 2.42. The molecule has 0 N–H and O–H groups in total. The monoisotopic (exact) mass is 750 g/mol. The lowest BCUT2D eigenvalue weighted by atomic mass is 10.1. The van der Waals surface area contributed by atoms with E-state index in [1.54, 1.807) is 20.3 Å². The Morgan fingerprint density at radius 3 is 1.89 bits per heavy atom. The maximum absolute atomic E-state index is 15.8. The number of nitriles is 1. The topological polar surface area (TPSA) is 97.8 Å². The van der Waals surface area contributed by atoms with Crippen LogP contribution in [-0.2, 0) is 17.5 Å². The molecule has 1 unspecified atom stereocenters. The van der Waals surface area contributed by atoms with Gasteiger partial charge in [-0.05, 0) is 77.8 Å². The van der Waals surface area contributed by atoms with E-state index in [0.717, 1.165) is 11.1 Å². The first kappa shape index (κ1) is 38.0. The molecule has 0 saturated carbocycles. The van der Waals surface area contributed by atoms with Gasteiger partial charge >= 0.3 is 0 Å². The highest BCUT2D eigenvalue weighted by atomic mass is 28.4. The first-order valence-electron chi connectivity index (χ1n) is 17.3. The van der Waals surface area contributed by atoms with E-state index in [0.29, 0.717) is 30.4 Å². The summed E-state index contributed by atoms with van der Waals surface area (Å²) in [6.07, 6.45) is 0.174. The van der Waals surface area contributed by atoms with Crippen LogP contribution in [0, 0.1) is 28.8 Å². The highest BCUT2D eigenvalue weighted by Gasteiger charge is 2.42. The number of nitrogens with zero attached hydrogens (tertiary/aromatic N) is 6. The number of halogens is 3. The second-order valence-corrected chi connectivity index (χ2v) is 19.2. The molecule has 0 fully saturated rings. The SMILES string of the molecule is COc1ccc(CN(Cc2ccc(OC)cc2)c2nc(-c3cccc(C#N)c3F)cn3nc(C(O[Si](C)(C)C(C)(C)C)c4c(F)cccc4F)nc23)cc1. The second kappa shape index (κ2) is 15.3. The van der Waals surface area contributed by atoms with Gasteiger partial charge in [0.15, 0.2) is 25.6 Å². The Balaban J connectivity index is 1.61. The van der Waals surface area contributed by atoms with Gasteiger partial charge in [0.25, 0.3) is 0 Å². The maximum atomic E-state index is 15.8. The summed E-state index contributed by atoms with van der Waals surface area (Å²) in [7, 11) is 0.474. The lowest BCUT2D eigenvalue weighted by Crippen LogP contribution is -2.42. The zero-order valence-electron chi connectivity index (χ0n) is 31.2. The summed E-state index contributed by atoms with van der Waals surface area (Å²) in [5.74, 6) is -0.663. The van der Waals surface area contributed by atoms with Crippen molar-refractivity contribution < 1.29 is 27.1 Å². The Labute approximate surface area is 313 Å². The normalized spacial score (nSPS) is 12.4. The average molecular weight is 751 g/mol. The number of rotatable bonds is 12. The minimum Gasteiger partial charge on any atom is -0.497 e. The van der Waals surface area contributed by atoms with Gasteiger partial charge in [-0.15, -0.1) is 5.10 Å². The van der Waals surface area contributed by atoms with Crippen LogP contribution in [0.2, 0.25) is 18.1 Å². The van der Waals surface area contributed by atoms with Crippen LogP contribution in [0.5, 0.6) is 11.5 Å². The van der Waals surface area contributed by atoms with E-state index in [4.69, 9.17) is 29.0 Å². The third-order valence-electron chi connectivity index (χ3n) is 9.79. The molecule has 1 atom stereocenters. The van der Waals surface area contributed by atoms with Crippen molar-refractivity contribution in [3.05, 3.63) is 137 Å². The molecule has 0 aliphatic carbocycles. The molecule has 4 aromatic carbocycles. The molecule has 0 spiro atoms. The fourth-order valence-corrected chi connectivity index (χ4v) is 6.91. The first-order valence-corrected chi connectivity index (χ1v) is 20.2. The van der Waals surface area contributed by atoms with E-state index in [2.05, 4.69) is 0 Å². The minimum absolute atomic E-state index is 0.00381. The van der Waals surface area contributed by atoms with Crippen LogP contribution in [0.1, 0.15) is 55.0 Å². The van der Waals surface area contributed by atoms with Crippen molar-refractivity contribution in [2.24, 2.45) is 0 Å². The van der Waals surface area contributed by atoms with Gasteiger partial charge in [0.1, 0.15) is 41.1 Å². The van der Waals surface area contributed by atoms with Crippen LogP contribution in [-0.4, -0.2) is 42.1 Å². The molecule has 9 nitrogen and oxygen atoms in total. The fourth-order valence-electron chi connectivity index (χ4n) is 5.74. The lowest BCUT2D eigenvalue weighted by molar-refractivity contribution is 0.203. The molecule has 278 valence electrons. The van der Waals surface area contributed by atoms with Gasteiger partial charge in [-0.3, -0.25) is 0 Å². The molecule has 54 heavy (non-hydrogen) atoms. The van der Waals surface area contributed by atoms with Crippen molar-refractivity contribution in [2.45, 2.75) is 58.1 Å². The lowest BCUT2D eigenvalue weighted by Gasteiger charge is -2.38. The van der Waals surface area contributed by atoms with Gasteiger partial charge in [0.2, 0.25) is 0 Å². The number of anilines is 1. The number of fused-ring (bicyclic) bond motifs is 1. The number of benzene rings is 4. The van der Waals surface area contributed by atoms with Crippen LogP contribution in [0.4, 0.5) is 19.0 Å². The summed E-state index contributed by atoms with van der Waals surface area (Å²) >= 11 is 0. The van der Waals surface area contributed by atoms with E-state index in [1.165, 1.54) is 41.0 Å². The van der Waals surface area contributed by atoms with Crippen molar-refractivity contribution in [3.63, 3.8) is 0 Å². The zero-order valence-corrected chi connectivity index (χ0v) is 32.2. The quantitative estimate of drug-likeness (QED) is 0.114. The van der Waals surface area contributed by atoms with Gasteiger partial charge in [-0.1, -0.05) is 57.2 Å². The Hall–Kier alpha value is -5.71. The third kappa shape index (κ3) is 7.80. The van der Waals surface area contributed by atoms with Crippen molar-refractivity contribution in [3.8, 4) is 28.8 Å². The maximum Gasteiger partial charge on any atom is 0.198 e. The van der Waals surface area contributed by atoms with Crippen molar-refractivity contribution >= 4 is 19.8 Å². The molecule has 6 aromatic rings. The smallest absolute Gasteiger partial charge is 0.198 e. The van der Waals surface area contributed by atoms with Crippen LogP contribution >= 0.6 is 0 Å². The molecular formula is C41H41F3N6O3Si. The molecule has 0 amide bonds. The van der Waals surface area contributed by atoms with E-state index < -0.39 is 31.9 Å². The predicted octanol–water partition coefficient (Wildman–Crippen LogP) is 9.42. The van der Waals surface area contributed by atoms with E-state index in [1.807, 2.05) is 93.4 Å². The summed E-state index contributed by atoms with van der Waals surface area (Å²) in [5.41, 5.74) is 1.82. The van der Waals surface area contributed by atoms with Crippen LogP contribution in [0.25, 0.3) is 16.9 Å². The van der Waals surface area contributed by atoms with E-state index in [-0.39, 0.29) is 38.9 Å². The number of aromatic nitrogens is 4. The number of methoxy groups -OCH3 is 2. The Morgan fingerprint density at radius 1 is 0.815 bits per heavy atom. The zero-order chi connectivity index (χ0) is 38.8. The number of hydrogen-bond donors (Lipinski definition) is 0. The molecule has 0 bridgehead atoms. The summed E-state index contributed by atoms with van der Waals surface area (Å²) in [4.78, 5) is 11.9. The summed E-state index contributed by atoms with van der Waals surface area (Å²) in [5, 5.41) is 14.1. The largest absolute Gasteiger partial charge is 0.497 e. The van der Waals surface area contributed by atoms with Crippen molar-refractivity contribution in [2.75, 3.05) is 19.1 Å². The fraction of sp³-hybridized carbons (Fsp3) is 0.268. The number of hydrogen-bond acceptors (Lipinski definition) is 8. The van der Waals surface area contributed by atoms with E-state index >= 15 is 13.2 Å². The van der Waals surface area contributed by atoms with Crippen molar-refractivity contribution in [1.82, 2.24) is 19.6 Å². The average Bonchev–Trinajstić information content (AvgIpc) is 3.58. The first-order chi connectivity index (χ1) is 25.7. The molecular weight excluding hydrogens is 710 g/mol. The molecule has 13 heteroatoms. The van der Waals surface area contributed by atoms with Crippen LogP contribution in [0.3, 0.4) is 0 Å². The van der Waals surface area contributed by atoms with Gasteiger partial charge in [-0.2, -0.15) is 5.26 Å². The molecule has 0 radical (unpaired) electrons. The summed E-state index contributed by atoms with van der Waals surface area (Å²) in [6.45, 7) is 10.7. The molecule has 2 heterocycles. The minimum atomic E-state index is -2.71. The molecule has 0 aliphatic heterocycles. The molecule has 0 saturated heterocycles. The Morgan fingerprint density at radius 2 is 1.37 bits per heavy atom. The molecule has 6 rings (SSSR count). The Kier molecular flexibility index (Phi) is 10.8. The second-order valence-electron chi connectivity index (χ2n) is 14.4. The highest BCUT2D eigenvalue weighted by molar-refractivity contribution is 6.74. The van der Waals surface area contributed by atoms with Gasteiger partial charge in [0.05, 0.1) is 37.2 Å². The van der Waals surface area contributed by atoms with E-state index in [9.17, 15) is 5.26 Å². The Bertz CT molecular complexity index is 2250. The third-order valence-corrected chi connectivity index (χ3v) is 14.2. The van der Waals surface area contributed by atoms with Gasteiger partial charge in [0, 0.05) is 18.7 Å².